The van der Waals surface area contributed by atoms with E-state index in [9.17, 15) is 18.0 Å². The van der Waals surface area contributed by atoms with E-state index in [1.165, 1.54) is 0 Å². The highest BCUT2D eigenvalue weighted by atomic mass is 19.4. The zero-order valence-electron chi connectivity index (χ0n) is 8.15. The highest BCUT2D eigenvalue weighted by Crippen LogP contribution is 2.13. The fourth-order valence-electron chi connectivity index (χ4n) is 0.854. The van der Waals surface area contributed by atoms with Gasteiger partial charge in [0.05, 0.1) is 0 Å². The van der Waals surface area contributed by atoms with E-state index in [2.05, 4.69) is 4.84 Å². The third-order valence-corrected chi connectivity index (χ3v) is 1.58. The average Bonchev–Trinajstić information content (AvgIpc) is 2.02. The SMILES string of the molecule is CCCC(C)C(=O)NOCC(F)(F)F. The molecule has 1 amide bonds. The van der Waals surface area contributed by atoms with Crippen molar-refractivity contribution in [1.29, 1.82) is 0 Å². The summed E-state index contributed by atoms with van der Waals surface area (Å²) in [6.07, 6.45) is -2.99. The van der Waals surface area contributed by atoms with Crippen LogP contribution in [0.15, 0.2) is 0 Å². The van der Waals surface area contributed by atoms with Gasteiger partial charge in [-0.2, -0.15) is 13.2 Å². The number of halogens is 3. The second kappa shape index (κ2) is 5.85. The van der Waals surface area contributed by atoms with E-state index in [4.69, 9.17) is 0 Å². The molecule has 0 aromatic heterocycles. The standard InChI is InChI=1S/C8H14F3NO2/c1-3-4-6(2)7(13)12-14-5-8(9,10)11/h6H,3-5H2,1-2H3,(H,12,13). The number of nitrogens with one attached hydrogen (secondary N) is 1. The molecule has 0 saturated carbocycles. The van der Waals surface area contributed by atoms with Crippen molar-refractivity contribution in [3.05, 3.63) is 0 Å². The summed E-state index contributed by atoms with van der Waals surface area (Å²) in [7, 11) is 0. The summed E-state index contributed by atoms with van der Waals surface area (Å²) in [6.45, 7) is 2.06. The zero-order valence-corrected chi connectivity index (χ0v) is 8.15. The molecule has 0 aliphatic heterocycles. The van der Waals surface area contributed by atoms with Gasteiger partial charge in [-0.1, -0.05) is 20.3 Å². The maximum absolute atomic E-state index is 11.6. The predicted octanol–water partition coefficient (Wildman–Crippen LogP) is 2.03. The average molecular weight is 213 g/mol. The molecule has 0 rings (SSSR count). The van der Waals surface area contributed by atoms with Gasteiger partial charge in [-0.3, -0.25) is 9.63 Å². The smallest absolute Gasteiger partial charge is 0.273 e. The molecule has 84 valence electrons. The number of carbonyl (C=O) groups excluding carboxylic acids is 1. The summed E-state index contributed by atoms with van der Waals surface area (Å²) >= 11 is 0. The van der Waals surface area contributed by atoms with Crippen LogP contribution in [0.1, 0.15) is 26.7 Å². The number of rotatable bonds is 5. The molecule has 0 aromatic carbocycles. The molecular formula is C8H14F3NO2. The molecule has 0 fully saturated rings. The van der Waals surface area contributed by atoms with Gasteiger partial charge in [0, 0.05) is 5.92 Å². The van der Waals surface area contributed by atoms with Crippen LogP contribution in [0.2, 0.25) is 0 Å². The molecule has 0 aliphatic rings. The maximum atomic E-state index is 11.6. The number of amides is 1. The predicted molar refractivity (Wildman–Crippen MR) is 44.2 cm³/mol. The lowest BCUT2D eigenvalue weighted by Crippen LogP contribution is -2.33. The van der Waals surface area contributed by atoms with Crippen molar-refractivity contribution in [2.45, 2.75) is 32.9 Å². The van der Waals surface area contributed by atoms with Crippen LogP contribution in [0.3, 0.4) is 0 Å². The summed E-state index contributed by atoms with van der Waals surface area (Å²) in [6, 6.07) is 0. The largest absolute Gasteiger partial charge is 0.414 e. The Hall–Kier alpha value is -0.780. The number of hydrogen-bond donors (Lipinski definition) is 1. The van der Waals surface area contributed by atoms with Crippen LogP contribution in [0, 0.1) is 5.92 Å². The first kappa shape index (κ1) is 13.2. The van der Waals surface area contributed by atoms with E-state index < -0.39 is 18.7 Å². The van der Waals surface area contributed by atoms with Crippen molar-refractivity contribution in [1.82, 2.24) is 5.48 Å². The highest BCUT2D eigenvalue weighted by molar-refractivity contribution is 5.77. The molecule has 14 heavy (non-hydrogen) atoms. The summed E-state index contributed by atoms with van der Waals surface area (Å²) in [5, 5.41) is 0. The Labute approximate surface area is 80.6 Å². The van der Waals surface area contributed by atoms with Gasteiger partial charge < -0.3 is 0 Å². The van der Waals surface area contributed by atoms with Crippen molar-refractivity contribution in [3.63, 3.8) is 0 Å². The van der Waals surface area contributed by atoms with Crippen LogP contribution in [0.4, 0.5) is 13.2 Å². The Morgan fingerprint density at radius 1 is 1.50 bits per heavy atom. The zero-order chi connectivity index (χ0) is 11.2. The van der Waals surface area contributed by atoms with Crippen molar-refractivity contribution >= 4 is 5.91 Å². The first-order valence-corrected chi connectivity index (χ1v) is 4.35. The molecule has 0 aliphatic carbocycles. The number of carbonyl (C=O) groups is 1. The summed E-state index contributed by atoms with van der Waals surface area (Å²) in [5.74, 6) is -0.843. The van der Waals surface area contributed by atoms with Gasteiger partial charge in [-0.25, -0.2) is 5.48 Å². The van der Waals surface area contributed by atoms with Gasteiger partial charge in [-0.05, 0) is 6.42 Å². The van der Waals surface area contributed by atoms with Crippen molar-refractivity contribution in [2.75, 3.05) is 6.61 Å². The lowest BCUT2D eigenvalue weighted by atomic mass is 10.1. The molecule has 0 bridgehead atoms. The normalized spacial score (nSPS) is 13.8. The molecule has 1 unspecified atom stereocenters. The van der Waals surface area contributed by atoms with Crippen molar-refractivity contribution in [2.24, 2.45) is 5.92 Å². The van der Waals surface area contributed by atoms with Crippen LogP contribution >= 0.6 is 0 Å². The number of hydrogen-bond acceptors (Lipinski definition) is 2. The molecule has 3 nitrogen and oxygen atoms in total. The first-order valence-electron chi connectivity index (χ1n) is 4.35. The lowest BCUT2D eigenvalue weighted by molar-refractivity contribution is -0.192. The van der Waals surface area contributed by atoms with Gasteiger partial charge in [0.2, 0.25) is 5.91 Å². The third-order valence-electron chi connectivity index (χ3n) is 1.58. The summed E-state index contributed by atoms with van der Waals surface area (Å²) in [5.41, 5.74) is 1.76. The molecule has 6 heteroatoms. The summed E-state index contributed by atoms with van der Waals surface area (Å²) < 4.78 is 34.7. The third kappa shape index (κ3) is 6.71. The quantitative estimate of drug-likeness (QED) is 0.709. The second-order valence-corrected chi connectivity index (χ2v) is 3.06. The summed E-state index contributed by atoms with van der Waals surface area (Å²) in [4.78, 5) is 15.0. The minimum Gasteiger partial charge on any atom is -0.273 e. The van der Waals surface area contributed by atoms with Crippen molar-refractivity contribution in [3.8, 4) is 0 Å². The molecule has 1 N–H and O–H groups in total. The Balaban J connectivity index is 3.64. The minimum atomic E-state index is -4.42. The first-order chi connectivity index (χ1) is 6.37. The van der Waals surface area contributed by atoms with Crippen LogP contribution in [-0.2, 0) is 9.63 Å². The van der Waals surface area contributed by atoms with Gasteiger partial charge in [0.25, 0.3) is 0 Å². The fourth-order valence-corrected chi connectivity index (χ4v) is 0.854. The van der Waals surface area contributed by atoms with Crippen LogP contribution in [-0.4, -0.2) is 18.7 Å². The Morgan fingerprint density at radius 3 is 2.50 bits per heavy atom. The van der Waals surface area contributed by atoms with E-state index >= 15 is 0 Å². The highest BCUT2D eigenvalue weighted by Gasteiger charge is 2.28. The minimum absolute atomic E-state index is 0.326. The second-order valence-electron chi connectivity index (χ2n) is 3.06. The molecular weight excluding hydrogens is 199 g/mol. The molecule has 1 atom stereocenters. The topological polar surface area (TPSA) is 38.3 Å². The molecule has 0 heterocycles. The van der Waals surface area contributed by atoms with Gasteiger partial charge >= 0.3 is 6.18 Å². The van der Waals surface area contributed by atoms with E-state index in [0.29, 0.717) is 6.42 Å². The van der Waals surface area contributed by atoms with Crippen LogP contribution < -0.4 is 5.48 Å². The van der Waals surface area contributed by atoms with Gasteiger partial charge in [0.15, 0.2) is 6.61 Å². The monoisotopic (exact) mass is 213 g/mol. The van der Waals surface area contributed by atoms with E-state index in [0.717, 1.165) is 6.42 Å². The fraction of sp³-hybridized carbons (Fsp3) is 0.875. The molecule has 0 radical (unpaired) electrons. The maximum Gasteiger partial charge on any atom is 0.414 e. The molecule has 0 saturated heterocycles. The van der Waals surface area contributed by atoms with E-state index in [-0.39, 0.29) is 5.92 Å². The van der Waals surface area contributed by atoms with Gasteiger partial charge in [-0.15, -0.1) is 0 Å². The number of alkyl halides is 3. The Bertz CT molecular complexity index is 182. The van der Waals surface area contributed by atoms with Crippen LogP contribution in [0.5, 0.6) is 0 Å². The number of hydroxylamine groups is 1. The Morgan fingerprint density at radius 2 is 2.07 bits per heavy atom. The van der Waals surface area contributed by atoms with E-state index in [1.54, 1.807) is 12.4 Å². The van der Waals surface area contributed by atoms with Crippen molar-refractivity contribution < 1.29 is 22.8 Å². The van der Waals surface area contributed by atoms with Crippen LogP contribution in [0.25, 0.3) is 0 Å². The molecule has 0 spiro atoms. The lowest BCUT2D eigenvalue weighted by Gasteiger charge is -2.11. The Kier molecular flexibility index (Phi) is 5.52. The molecule has 0 aromatic rings. The van der Waals surface area contributed by atoms with Gasteiger partial charge in [0.1, 0.15) is 0 Å². The van der Waals surface area contributed by atoms with E-state index in [1.807, 2.05) is 6.92 Å².